The van der Waals surface area contributed by atoms with Crippen molar-refractivity contribution in [1.29, 1.82) is 0 Å². The average molecular weight is 259 g/mol. The van der Waals surface area contributed by atoms with Crippen LogP contribution in [0.4, 0.5) is 17.6 Å². The summed E-state index contributed by atoms with van der Waals surface area (Å²) in [7, 11) is 0. The van der Waals surface area contributed by atoms with Crippen molar-refractivity contribution < 1.29 is 22.4 Å². The topological polar surface area (TPSA) is 58.6 Å². The van der Waals surface area contributed by atoms with Gasteiger partial charge in [0.05, 0.1) is 11.8 Å². The summed E-state index contributed by atoms with van der Waals surface area (Å²) in [6, 6.07) is 2.00. The van der Waals surface area contributed by atoms with Crippen LogP contribution < -0.4 is 0 Å². The molecule has 2 aromatic rings. The number of benzene rings is 1. The van der Waals surface area contributed by atoms with Gasteiger partial charge in [-0.2, -0.15) is 28.6 Å². The molecule has 1 aromatic heterocycles. The van der Waals surface area contributed by atoms with E-state index in [9.17, 15) is 22.4 Å². The lowest BCUT2D eigenvalue weighted by Gasteiger charge is -2.08. The van der Waals surface area contributed by atoms with Crippen LogP contribution in [0.1, 0.15) is 21.6 Å². The number of aromatic amines is 1. The first-order valence-electron chi connectivity index (χ1n) is 4.67. The fourth-order valence-corrected chi connectivity index (χ4v) is 1.34. The lowest BCUT2D eigenvalue weighted by atomic mass is 10.0. The molecule has 0 atom stereocenters. The van der Waals surface area contributed by atoms with E-state index < -0.39 is 23.3 Å². The van der Waals surface area contributed by atoms with E-state index in [-0.39, 0.29) is 11.3 Å². The highest BCUT2D eigenvalue weighted by molar-refractivity contribution is 6.07. The van der Waals surface area contributed by atoms with Crippen LogP contribution in [-0.4, -0.2) is 21.2 Å². The zero-order valence-corrected chi connectivity index (χ0v) is 8.62. The molecule has 4 nitrogen and oxygen atoms in total. The van der Waals surface area contributed by atoms with Crippen molar-refractivity contribution in [1.82, 2.24) is 15.4 Å². The number of nitrogens with zero attached hydrogens (tertiary/aromatic N) is 2. The standard InChI is InChI=1S/C10H5F4N3O/c11-7-2-1-5(3-6(7)10(12,13)14)9(18)8-4-15-17-16-8/h1-4H,(H,15,16,17). The van der Waals surface area contributed by atoms with Gasteiger partial charge in [0.15, 0.2) is 5.69 Å². The van der Waals surface area contributed by atoms with Crippen molar-refractivity contribution in [2.24, 2.45) is 0 Å². The zero-order chi connectivity index (χ0) is 13.3. The quantitative estimate of drug-likeness (QED) is 0.664. The van der Waals surface area contributed by atoms with Crippen LogP contribution in [0.25, 0.3) is 0 Å². The minimum atomic E-state index is -4.86. The van der Waals surface area contributed by atoms with Crippen molar-refractivity contribution >= 4 is 5.78 Å². The van der Waals surface area contributed by atoms with Gasteiger partial charge < -0.3 is 0 Å². The zero-order valence-electron chi connectivity index (χ0n) is 8.62. The van der Waals surface area contributed by atoms with Crippen LogP contribution >= 0.6 is 0 Å². The van der Waals surface area contributed by atoms with Crippen LogP contribution in [0.15, 0.2) is 24.4 Å². The van der Waals surface area contributed by atoms with Gasteiger partial charge >= 0.3 is 6.18 Å². The number of ketones is 1. The van der Waals surface area contributed by atoms with E-state index in [1.807, 2.05) is 0 Å². The molecule has 0 unspecified atom stereocenters. The monoisotopic (exact) mass is 259 g/mol. The number of alkyl halides is 3. The largest absolute Gasteiger partial charge is 0.419 e. The van der Waals surface area contributed by atoms with E-state index in [1.54, 1.807) is 0 Å². The molecule has 1 N–H and O–H groups in total. The maximum Gasteiger partial charge on any atom is 0.419 e. The predicted molar refractivity (Wildman–Crippen MR) is 51.2 cm³/mol. The van der Waals surface area contributed by atoms with Gasteiger partial charge in [-0.15, -0.1) is 0 Å². The predicted octanol–water partition coefficient (Wildman–Crippen LogP) is 2.19. The summed E-state index contributed by atoms with van der Waals surface area (Å²) in [4.78, 5) is 11.7. The number of aromatic nitrogens is 3. The Morgan fingerprint density at radius 3 is 2.56 bits per heavy atom. The Morgan fingerprint density at radius 2 is 2.00 bits per heavy atom. The van der Waals surface area contributed by atoms with E-state index >= 15 is 0 Å². The van der Waals surface area contributed by atoms with Crippen molar-refractivity contribution in [3.63, 3.8) is 0 Å². The Kier molecular flexibility index (Phi) is 2.85. The molecule has 0 aliphatic rings. The van der Waals surface area contributed by atoms with Crippen molar-refractivity contribution in [2.45, 2.75) is 6.18 Å². The number of carbonyl (C=O) groups excluding carboxylic acids is 1. The van der Waals surface area contributed by atoms with Crippen molar-refractivity contribution in [3.8, 4) is 0 Å². The third kappa shape index (κ3) is 2.22. The second-order valence-corrected chi connectivity index (χ2v) is 3.38. The molecule has 18 heavy (non-hydrogen) atoms. The highest BCUT2D eigenvalue weighted by Crippen LogP contribution is 2.32. The molecule has 0 bridgehead atoms. The Labute approximate surface area is 97.6 Å². The van der Waals surface area contributed by atoms with E-state index in [2.05, 4.69) is 15.4 Å². The van der Waals surface area contributed by atoms with Crippen LogP contribution in [0, 0.1) is 5.82 Å². The fourth-order valence-electron chi connectivity index (χ4n) is 1.34. The third-order valence-electron chi connectivity index (χ3n) is 2.18. The van der Waals surface area contributed by atoms with E-state index in [0.29, 0.717) is 12.1 Å². The number of H-pyrrole nitrogens is 1. The van der Waals surface area contributed by atoms with Crippen molar-refractivity contribution in [3.05, 3.63) is 47.0 Å². The fraction of sp³-hybridized carbons (Fsp3) is 0.100. The Hall–Kier alpha value is -2.25. The Bertz CT molecular complexity index is 577. The van der Waals surface area contributed by atoms with Gasteiger partial charge in [-0.3, -0.25) is 4.79 Å². The van der Waals surface area contributed by atoms with Crippen LogP contribution in [0.5, 0.6) is 0 Å². The molecule has 0 amide bonds. The summed E-state index contributed by atoms with van der Waals surface area (Å²) in [5.41, 5.74) is -1.94. The molecule has 0 aliphatic carbocycles. The van der Waals surface area contributed by atoms with Gasteiger partial charge in [0, 0.05) is 5.56 Å². The van der Waals surface area contributed by atoms with Crippen LogP contribution in [-0.2, 0) is 6.18 Å². The second-order valence-electron chi connectivity index (χ2n) is 3.38. The molecule has 0 aliphatic heterocycles. The number of halogens is 4. The summed E-state index contributed by atoms with van der Waals surface area (Å²) >= 11 is 0. The molecule has 2 rings (SSSR count). The summed E-state index contributed by atoms with van der Waals surface area (Å²) in [6.07, 6.45) is -3.79. The van der Waals surface area contributed by atoms with Gasteiger partial charge in [-0.05, 0) is 18.2 Å². The first-order valence-corrected chi connectivity index (χ1v) is 4.67. The summed E-state index contributed by atoms with van der Waals surface area (Å²) in [6.45, 7) is 0. The first kappa shape index (κ1) is 12.2. The molecule has 1 heterocycles. The number of hydrogen-bond donors (Lipinski definition) is 1. The van der Waals surface area contributed by atoms with Gasteiger partial charge in [-0.1, -0.05) is 0 Å². The molecule has 94 valence electrons. The normalized spacial score (nSPS) is 11.6. The van der Waals surface area contributed by atoms with E-state index in [0.717, 1.165) is 12.3 Å². The molecule has 0 saturated heterocycles. The van der Waals surface area contributed by atoms with Crippen LogP contribution in [0.2, 0.25) is 0 Å². The number of hydrogen-bond acceptors (Lipinski definition) is 3. The Morgan fingerprint density at radius 1 is 1.28 bits per heavy atom. The number of carbonyl (C=O) groups is 1. The Balaban J connectivity index is 2.45. The minimum absolute atomic E-state index is 0.144. The van der Waals surface area contributed by atoms with Gasteiger partial charge in [-0.25, -0.2) is 4.39 Å². The molecule has 1 aromatic carbocycles. The SMILES string of the molecule is O=C(c1ccc(F)c(C(F)(F)F)c1)c1cn[nH]n1. The van der Waals surface area contributed by atoms with Gasteiger partial charge in [0.2, 0.25) is 5.78 Å². The molecule has 0 saturated carbocycles. The second kappa shape index (κ2) is 4.21. The van der Waals surface area contributed by atoms with Crippen LogP contribution in [0.3, 0.4) is 0 Å². The maximum atomic E-state index is 13.0. The molecular weight excluding hydrogens is 254 g/mol. The summed E-state index contributed by atoms with van der Waals surface area (Å²) in [5.74, 6) is -2.20. The first-order chi connectivity index (χ1) is 8.39. The minimum Gasteiger partial charge on any atom is -0.287 e. The molecule has 0 fully saturated rings. The molecule has 8 heteroatoms. The average Bonchev–Trinajstić information content (AvgIpc) is 2.80. The smallest absolute Gasteiger partial charge is 0.287 e. The molecule has 0 spiro atoms. The molecular formula is C10H5F4N3O. The van der Waals surface area contributed by atoms with E-state index in [4.69, 9.17) is 0 Å². The highest BCUT2D eigenvalue weighted by atomic mass is 19.4. The lowest BCUT2D eigenvalue weighted by Crippen LogP contribution is -2.11. The maximum absolute atomic E-state index is 13.0. The summed E-state index contributed by atoms with van der Waals surface area (Å²) < 4.78 is 50.4. The summed E-state index contributed by atoms with van der Waals surface area (Å²) in [5, 5.41) is 8.97. The molecule has 0 radical (unpaired) electrons. The van der Waals surface area contributed by atoms with Gasteiger partial charge in [0.1, 0.15) is 5.82 Å². The highest BCUT2D eigenvalue weighted by Gasteiger charge is 2.34. The third-order valence-corrected chi connectivity index (χ3v) is 2.18. The van der Waals surface area contributed by atoms with E-state index in [1.165, 1.54) is 0 Å². The van der Waals surface area contributed by atoms with Crippen molar-refractivity contribution in [2.75, 3.05) is 0 Å². The lowest BCUT2D eigenvalue weighted by molar-refractivity contribution is -0.140. The number of nitrogens with one attached hydrogen (secondary N) is 1. The number of rotatable bonds is 2. The van der Waals surface area contributed by atoms with Gasteiger partial charge in [0.25, 0.3) is 0 Å².